The number of hydrogen-bond acceptors (Lipinski definition) is 4. The van der Waals surface area contributed by atoms with Crippen molar-refractivity contribution in [2.75, 3.05) is 12.4 Å². The Morgan fingerprint density at radius 1 is 0.350 bits per heavy atom. The van der Waals surface area contributed by atoms with E-state index in [1.165, 1.54) is 67.6 Å². The fourth-order valence-electron chi connectivity index (χ4n) is 22.5. The maximum Gasteiger partial charge on any atom is 0.0967 e. The van der Waals surface area contributed by atoms with Gasteiger partial charge in [0.05, 0.1) is 56.3 Å². The summed E-state index contributed by atoms with van der Waals surface area (Å²) in [6.07, 6.45) is 75.9. The number of rotatable bonds is 19. The molecule has 0 radical (unpaired) electrons. The average molecular weight is 2160 g/mol. The van der Waals surface area contributed by atoms with Gasteiger partial charge in [-0.05, 0) is 231 Å². The fourth-order valence-corrected chi connectivity index (χ4v) is 45.1. The van der Waals surface area contributed by atoms with Gasteiger partial charge in [0.15, 0.2) is 0 Å². The summed E-state index contributed by atoms with van der Waals surface area (Å²) in [6, 6.07) is 36.5. The van der Waals surface area contributed by atoms with Gasteiger partial charge in [-0.2, -0.15) is 0 Å². The van der Waals surface area contributed by atoms with Crippen LogP contribution in [0.5, 0.6) is 23.0 Å². The summed E-state index contributed by atoms with van der Waals surface area (Å²) in [5, 5.41) is 0.194. The number of para-hydroxylation sites is 1. The Labute approximate surface area is 801 Å². The Morgan fingerprint density at radius 3 is 0.902 bits per heavy atom. The molecule has 16 rings (SSSR count). The van der Waals surface area contributed by atoms with Crippen LogP contribution in [-0.4, -0.2) is 94.5 Å². The second-order valence-electron chi connectivity index (χ2n) is 37.1. The fraction of sp³-hybridized carbons (Fsp3) is 0.629. The summed E-state index contributed by atoms with van der Waals surface area (Å²) in [5.74, 6) is 3.28. The molecule has 123 heavy (non-hydrogen) atoms. The van der Waals surface area contributed by atoms with Gasteiger partial charge in [-0.1, -0.05) is 57.8 Å². The molecular weight excluding hydrogens is 2000 g/mol. The zero-order chi connectivity index (χ0) is 87.8. The third kappa shape index (κ3) is 34.5. The van der Waals surface area contributed by atoms with Gasteiger partial charge in [-0.25, -0.2) is 0 Å². The molecule has 0 aliphatic heterocycles. The van der Waals surface area contributed by atoms with E-state index < -0.39 is 40.6 Å². The van der Waals surface area contributed by atoms with Crippen LogP contribution >= 0.6 is 105 Å². The molecule has 0 N–H and O–H groups in total. The molecule has 692 valence electrons. The van der Waals surface area contributed by atoms with Crippen LogP contribution < -0.4 is 18.9 Å². The third-order valence-electron chi connectivity index (χ3n) is 27.6. The number of fused-ring (bicyclic) bond motifs is 2. The predicted octanol–water partition coefficient (Wildman–Crippen LogP) is 35.4. The first-order valence-electron chi connectivity index (χ1n) is 48.1. The van der Waals surface area contributed by atoms with Crippen molar-refractivity contribution in [2.24, 2.45) is 0 Å². The van der Waals surface area contributed by atoms with Gasteiger partial charge in [-0.3, -0.25) is 0 Å². The Morgan fingerprint density at radius 2 is 0.618 bits per heavy atom. The maximum absolute atomic E-state index is 6.44. The van der Waals surface area contributed by atoms with Crippen LogP contribution in [0.1, 0.15) is 375 Å². The van der Waals surface area contributed by atoms with Crippen molar-refractivity contribution >= 4 is 129 Å². The largest absolute Gasteiger partial charge is 0.109 e. The van der Waals surface area contributed by atoms with Gasteiger partial charge in [0.2, 0.25) is 0 Å². The molecule has 0 saturated heterocycles. The summed E-state index contributed by atoms with van der Waals surface area (Å²) in [6.45, 7) is 20.1. The van der Waals surface area contributed by atoms with Crippen LogP contribution in [-0.2, 0) is 40.6 Å². The Kier molecular flexibility index (Phi) is 51.3. The predicted molar refractivity (Wildman–Crippen MR) is 548 cm³/mol. The molecule has 0 amide bonds. The second kappa shape index (κ2) is 59.4. The minimum absolute atomic E-state index is 0.0433. The van der Waals surface area contributed by atoms with E-state index in [1.807, 2.05) is 119 Å². The molecule has 5 aromatic rings. The summed E-state index contributed by atoms with van der Waals surface area (Å²) in [7, 11) is 38.7. The molecule has 0 heterocycles. The van der Waals surface area contributed by atoms with Gasteiger partial charge in [0, 0.05) is 23.8 Å². The standard InChI is InChI=1S/C21H22O2.3C18H33P.C17H14O.C10H12O.C2H4.CH2Cl2.6ClH.3Ru/c1-14(2)22-17-12-20-18(16-8-6-5-7-9-16)10-11-19(20)21(13-17)23-15(3)4;3*1-4-10-16(11-5-1)19(17-12-6-2-7-13-17)18-14-8-3-9-15-18;1-12-10-14(18-2)11-17-15(12)8-9-16(17)13-6-4-3-5-7-13;1-8(2)11-10-7-5-4-6-9(10)3;1-2;2-1-3;;;;;;;;;/h5-10,12-15H,1-4H3;3*16-18H,1-15H2;3-7,9-11H,1-2H3;3-8H,1-2H3;1-2H2;1H2;6*1H;;;/q;;;;;;;;;;;;;;3*+2/p-3. The molecule has 18 heteroatoms. The molecule has 9 fully saturated rings. The van der Waals surface area contributed by atoms with E-state index in [2.05, 4.69) is 68.6 Å². The second-order valence-corrected chi connectivity index (χ2v) is 65.6. The number of benzene rings is 5. The van der Waals surface area contributed by atoms with E-state index >= 15 is 0 Å². The first-order chi connectivity index (χ1) is 59.8. The SMILES string of the molecule is C1CCC([PH+](C2CCCCC2)C2CCCCC2)CC1.C1CCC([PH+](C2CCCCC2)C2CCCCC2)CC1.C1CCC([PH+](C2CCCCC2)C2CCCCC2)CC1.C=C.CC(C)Oc1cc(OC(C)C)c2c(c1)C(c1ccccc1)=C[C]2=[Ru]([Cl])[Cl].CC(C)Oc1ccccc1[CH]=[Ru]([Cl])[Cl].COc1cc(C)c2c(c1)C(c1ccccc1)=C[C]2=[Ru]([Cl])[Cl].ClCCl. The number of allylic oxidation sites excluding steroid dienone is 2. The molecule has 11 aliphatic carbocycles. The number of ether oxygens (including phenoxy) is 4. The monoisotopic (exact) mass is 2160 g/mol. The van der Waals surface area contributed by atoms with Crippen molar-refractivity contribution in [3.8, 4) is 23.0 Å². The van der Waals surface area contributed by atoms with Crippen molar-refractivity contribution < 1.29 is 59.5 Å². The van der Waals surface area contributed by atoms with Gasteiger partial charge >= 0.3 is 404 Å². The molecule has 5 aromatic carbocycles. The normalized spacial score (nSPS) is 20.1. The van der Waals surface area contributed by atoms with Crippen LogP contribution in [0.25, 0.3) is 11.1 Å². The van der Waals surface area contributed by atoms with E-state index in [9.17, 15) is 0 Å². The van der Waals surface area contributed by atoms with E-state index in [-0.39, 0.29) is 47.4 Å². The zero-order valence-corrected chi connectivity index (χ0v) is 90.5. The van der Waals surface area contributed by atoms with E-state index in [1.54, 1.807) is 296 Å². The number of hydrogen-bond donors (Lipinski definition) is 0. The Balaban J connectivity index is 0.000000167. The van der Waals surface area contributed by atoms with Gasteiger partial charge in [0.1, 0.15) is 0 Å². The van der Waals surface area contributed by atoms with Crippen molar-refractivity contribution in [1.82, 2.24) is 0 Å². The molecule has 0 atom stereocenters. The van der Waals surface area contributed by atoms with Crippen molar-refractivity contribution in [1.29, 1.82) is 0 Å². The molecule has 9 saturated carbocycles. The quantitative estimate of drug-likeness (QED) is 0.0357. The van der Waals surface area contributed by atoms with Gasteiger partial charge in [-0.15, -0.1) is 36.4 Å². The molecule has 0 aromatic heterocycles. The first kappa shape index (κ1) is 106. The molecule has 0 unspecified atom stereocenters. The molecule has 0 bridgehead atoms. The van der Waals surface area contributed by atoms with E-state index in [4.69, 9.17) is 100 Å². The number of alkyl halides is 2. The van der Waals surface area contributed by atoms with Crippen molar-refractivity contribution in [3.05, 3.63) is 179 Å². The van der Waals surface area contributed by atoms with Crippen molar-refractivity contribution in [2.45, 2.75) is 407 Å². The third-order valence-corrected chi connectivity index (χ3v) is 49.3. The minimum atomic E-state index is -2.12. The minimum Gasteiger partial charge on any atom is -0.109 e. The summed E-state index contributed by atoms with van der Waals surface area (Å²) >= 11 is 3.66. The maximum atomic E-state index is 6.44. The van der Waals surface area contributed by atoms with Crippen LogP contribution in [0.4, 0.5) is 0 Å². The zero-order valence-electron chi connectivity index (χ0n) is 76.2. The van der Waals surface area contributed by atoms with Gasteiger partial charge < -0.3 is 0 Å². The number of halogens is 8. The summed E-state index contributed by atoms with van der Waals surface area (Å²) in [5.41, 5.74) is 22.2. The molecule has 4 nitrogen and oxygen atoms in total. The Hall–Kier alpha value is -0.390. The summed E-state index contributed by atoms with van der Waals surface area (Å²) < 4.78 is 27.1. The topological polar surface area (TPSA) is 36.9 Å². The smallest absolute Gasteiger partial charge is 0.0967 e. The van der Waals surface area contributed by atoms with Crippen LogP contribution in [0, 0.1) is 6.92 Å². The van der Waals surface area contributed by atoms with E-state index in [0.717, 1.165) is 70.2 Å². The van der Waals surface area contributed by atoms with Crippen LogP contribution in [0.3, 0.4) is 0 Å². The van der Waals surface area contributed by atoms with E-state index in [0.29, 0.717) is 0 Å². The van der Waals surface area contributed by atoms with Crippen LogP contribution in [0.15, 0.2) is 135 Å². The average Bonchev–Trinajstić information content (AvgIpc) is 1.61. The molecule has 0 spiro atoms. The van der Waals surface area contributed by atoms with Gasteiger partial charge in [0.25, 0.3) is 0 Å². The molecular formula is C105H156Cl8O4P3Ru3+3. The summed E-state index contributed by atoms with van der Waals surface area (Å²) in [4.78, 5) is 0. The molecule has 11 aliphatic rings. The Bertz CT molecular complexity index is 3740. The number of aryl methyl sites for hydroxylation is 1. The van der Waals surface area contributed by atoms with Crippen molar-refractivity contribution in [3.63, 3.8) is 0 Å². The van der Waals surface area contributed by atoms with Crippen LogP contribution in [0.2, 0.25) is 0 Å². The first-order valence-corrected chi connectivity index (χ1v) is 70.6. The number of methoxy groups -OCH3 is 1.